The van der Waals surface area contributed by atoms with Crippen LogP contribution in [0.5, 0.6) is 0 Å². The van der Waals surface area contributed by atoms with Crippen LogP contribution in [0.1, 0.15) is 30.9 Å². The summed E-state index contributed by atoms with van der Waals surface area (Å²) in [5.41, 5.74) is 2.27. The Labute approximate surface area is 85.4 Å². The fourth-order valence-electron chi connectivity index (χ4n) is 2.30. The number of rotatable bonds is 1. The molecule has 2 rings (SSSR count). The first kappa shape index (κ1) is 9.27. The molecule has 1 aliphatic carbocycles. The first-order chi connectivity index (χ1) is 6.69. The molecule has 0 aromatic heterocycles. The van der Waals surface area contributed by atoms with Crippen LogP contribution in [0, 0.1) is 24.2 Å². The standard InChI is InChI=1S/C13H15N/c1-10-4-3-5-12(8-10)13(9-14)7-6-11(13)2/h3-5,8,11H,6-7H2,1-2H3. The lowest BCUT2D eigenvalue weighted by molar-refractivity contribution is 0.201. The third kappa shape index (κ3) is 1.14. The van der Waals surface area contributed by atoms with Gasteiger partial charge < -0.3 is 0 Å². The second-order valence-corrected chi connectivity index (χ2v) is 4.39. The van der Waals surface area contributed by atoms with E-state index >= 15 is 0 Å². The second kappa shape index (κ2) is 3.13. The van der Waals surface area contributed by atoms with Gasteiger partial charge in [-0.1, -0.05) is 36.8 Å². The van der Waals surface area contributed by atoms with Crippen molar-refractivity contribution in [2.24, 2.45) is 5.92 Å². The molecule has 0 saturated heterocycles. The molecule has 1 aromatic carbocycles. The molecule has 0 aliphatic heterocycles. The number of hydrogen-bond donors (Lipinski definition) is 0. The normalized spacial score (nSPS) is 30.5. The van der Waals surface area contributed by atoms with Crippen molar-refractivity contribution in [3.63, 3.8) is 0 Å². The van der Waals surface area contributed by atoms with Crippen molar-refractivity contribution >= 4 is 0 Å². The van der Waals surface area contributed by atoms with E-state index in [2.05, 4.69) is 44.2 Å². The van der Waals surface area contributed by atoms with Crippen LogP contribution >= 0.6 is 0 Å². The minimum absolute atomic E-state index is 0.188. The molecule has 0 amide bonds. The van der Waals surface area contributed by atoms with Crippen molar-refractivity contribution in [3.05, 3.63) is 35.4 Å². The van der Waals surface area contributed by atoms with Gasteiger partial charge in [-0.2, -0.15) is 5.26 Å². The van der Waals surface area contributed by atoms with Gasteiger partial charge in [-0.25, -0.2) is 0 Å². The van der Waals surface area contributed by atoms with Crippen molar-refractivity contribution in [2.45, 2.75) is 32.1 Å². The van der Waals surface area contributed by atoms with E-state index in [0.29, 0.717) is 5.92 Å². The average Bonchev–Trinajstić information content (AvgIpc) is 2.17. The molecule has 1 heteroatoms. The van der Waals surface area contributed by atoms with Crippen molar-refractivity contribution in [1.29, 1.82) is 5.26 Å². The summed E-state index contributed by atoms with van der Waals surface area (Å²) in [5.74, 6) is 0.509. The summed E-state index contributed by atoms with van der Waals surface area (Å²) >= 11 is 0. The molecule has 1 nitrogen and oxygen atoms in total. The number of hydrogen-bond acceptors (Lipinski definition) is 1. The Morgan fingerprint density at radius 3 is 2.71 bits per heavy atom. The molecule has 0 spiro atoms. The molecule has 1 aliphatic rings. The minimum atomic E-state index is -0.188. The Kier molecular flexibility index (Phi) is 2.07. The summed E-state index contributed by atoms with van der Waals surface area (Å²) in [6.07, 6.45) is 2.20. The van der Waals surface area contributed by atoms with Crippen molar-refractivity contribution in [3.8, 4) is 6.07 Å². The molecule has 0 N–H and O–H groups in total. The average molecular weight is 185 g/mol. The van der Waals surface area contributed by atoms with Gasteiger partial charge >= 0.3 is 0 Å². The molecule has 0 radical (unpaired) electrons. The monoisotopic (exact) mass is 185 g/mol. The van der Waals surface area contributed by atoms with E-state index in [4.69, 9.17) is 0 Å². The number of nitrogens with zero attached hydrogens (tertiary/aromatic N) is 1. The zero-order valence-corrected chi connectivity index (χ0v) is 8.75. The Bertz CT molecular complexity index is 388. The highest BCUT2D eigenvalue weighted by atomic mass is 14.5. The molecule has 0 bridgehead atoms. The summed E-state index contributed by atoms with van der Waals surface area (Å²) in [7, 11) is 0. The van der Waals surface area contributed by atoms with Gasteiger partial charge in [-0.05, 0) is 31.2 Å². The fraction of sp³-hybridized carbons (Fsp3) is 0.462. The summed E-state index contributed by atoms with van der Waals surface area (Å²) < 4.78 is 0. The molecule has 72 valence electrons. The van der Waals surface area contributed by atoms with E-state index < -0.39 is 0 Å². The van der Waals surface area contributed by atoms with Crippen LogP contribution in [0.2, 0.25) is 0 Å². The smallest absolute Gasteiger partial charge is 0.0848 e. The van der Waals surface area contributed by atoms with Crippen LogP contribution in [-0.4, -0.2) is 0 Å². The van der Waals surface area contributed by atoms with E-state index in [1.807, 2.05) is 0 Å². The number of nitriles is 1. The SMILES string of the molecule is Cc1cccc(C2(C#N)CCC2C)c1. The Hall–Kier alpha value is -1.29. The van der Waals surface area contributed by atoms with Gasteiger partial charge in [0.05, 0.1) is 11.5 Å². The van der Waals surface area contributed by atoms with Crippen molar-refractivity contribution < 1.29 is 0 Å². The van der Waals surface area contributed by atoms with Crippen LogP contribution in [0.15, 0.2) is 24.3 Å². The quantitative estimate of drug-likeness (QED) is 0.659. The first-order valence-corrected chi connectivity index (χ1v) is 5.17. The predicted molar refractivity (Wildman–Crippen MR) is 56.9 cm³/mol. The van der Waals surface area contributed by atoms with Gasteiger partial charge in [0.2, 0.25) is 0 Å². The van der Waals surface area contributed by atoms with E-state index in [-0.39, 0.29) is 5.41 Å². The summed E-state index contributed by atoms with van der Waals surface area (Å²) in [6, 6.07) is 10.9. The second-order valence-electron chi connectivity index (χ2n) is 4.39. The van der Waals surface area contributed by atoms with Crippen LogP contribution in [-0.2, 0) is 5.41 Å². The van der Waals surface area contributed by atoms with Crippen LogP contribution in [0.3, 0.4) is 0 Å². The third-order valence-electron chi connectivity index (χ3n) is 3.55. The van der Waals surface area contributed by atoms with Gasteiger partial charge in [-0.3, -0.25) is 0 Å². The fourth-order valence-corrected chi connectivity index (χ4v) is 2.30. The first-order valence-electron chi connectivity index (χ1n) is 5.17. The number of benzene rings is 1. The Balaban J connectivity index is 2.43. The minimum Gasteiger partial charge on any atom is -0.197 e. The molecule has 14 heavy (non-hydrogen) atoms. The number of aryl methyl sites for hydroxylation is 1. The van der Waals surface area contributed by atoms with E-state index in [0.717, 1.165) is 6.42 Å². The molecular weight excluding hydrogens is 170 g/mol. The maximum absolute atomic E-state index is 9.30. The molecule has 1 aromatic rings. The predicted octanol–water partition coefficient (Wildman–Crippen LogP) is 3.19. The molecular formula is C13H15N. The third-order valence-corrected chi connectivity index (χ3v) is 3.55. The molecule has 0 heterocycles. The van der Waals surface area contributed by atoms with Gasteiger partial charge in [0.1, 0.15) is 0 Å². The molecule has 1 saturated carbocycles. The molecule has 2 unspecified atom stereocenters. The Morgan fingerprint density at radius 2 is 2.29 bits per heavy atom. The molecule has 2 atom stereocenters. The lowest BCUT2D eigenvalue weighted by Gasteiger charge is -2.43. The van der Waals surface area contributed by atoms with Gasteiger partial charge in [0.25, 0.3) is 0 Å². The van der Waals surface area contributed by atoms with E-state index in [9.17, 15) is 5.26 Å². The van der Waals surface area contributed by atoms with Gasteiger partial charge in [0, 0.05) is 0 Å². The van der Waals surface area contributed by atoms with Crippen LogP contribution < -0.4 is 0 Å². The topological polar surface area (TPSA) is 23.8 Å². The highest BCUT2D eigenvalue weighted by Crippen LogP contribution is 2.48. The van der Waals surface area contributed by atoms with E-state index in [1.54, 1.807) is 0 Å². The van der Waals surface area contributed by atoms with Crippen LogP contribution in [0.25, 0.3) is 0 Å². The maximum atomic E-state index is 9.30. The van der Waals surface area contributed by atoms with Crippen molar-refractivity contribution in [1.82, 2.24) is 0 Å². The summed E-state index contributed by atoms with van der Waals surface area (Å²) in [6.45, 7) is 4.26. The summed E-state index contributed by atoms with van der Waals surface area (Å²) in [5, 5.41) is 9.30. The van der Waals surface area contributed by atoms with Crippen LogP contribution in [0.4, 0.5) is 0 Å². The largest absolute Gasteiger partial charge is 0.197 e. The summed E-state index contributed by atoms with van der Waals surface area (Å²) in [4.78, 5) is 0. The Morgan fingerprint density at radius 1 is 1.50 bits per heavy atom. The van der Waals surface area contributed by atoms with Gasteiger partial charge in [-0.15, -0.1) is 0 Å². The lowest BCUT2D eigenvalue weighted by Crippen LogP contribution is -2.41. The highest BCUT2D eigenvalue weighted by molar-refractivity contribution is 5.38. The van der Waals surface area contributed by atoms with Crippen molar-refractivity contribution in [2.75, 3.05) is 0 Å². The van der Waals surface area contributed by atoms with Gasteiger partial charge in [0.15, 0.2) is 0 Å². The highest BCUT2D eigenvalue weighted by Gasteiger charge is 2.45. The maximum Gasteiger partial charge on any atom is 0.0848 e. The zero-order valence-electron chi connectivity index (χ0n) is 8.75. The lowest BCUT2D eigenvalue weighted by atomic mass is 9.58. The molecule has 1 fully saturated rings. The zero-order chi connectivity index (χ0) is 10.2. The van der Waals surface area contributed by atoms with E-state index in [1.165, 1.54) is 17.5 Å².